The quantitative estimate of drug-likeness (QED) is 0.222. The van der Waals surface area contributed by atoms with Crippen molar-refractivity contribution in [2.45, 2.75) is 20.3 Å². The van der Waals surface area contributed by atoms with Gasteiger partial charge < -0.3 is 14.0 Å². The fourth-order valence-electron chi connectivity index (χ4n) is 3.58. The molecule has 9 nitrogen and oxygen atoms in total. The van der Waals surface area contributed by atoms with E-state index < -0.39 is 29.3 Å². The maximum absolute atomic E-state index is 12.7. The normalized spacial score (nSPS) is 10.5. The first-order valence-electron chi connectivity index (χ1n) is 10.0. The maximum atomic E-state index is 12.7. The standard InChI is InChI=1S/C24H22N2O7/c1-15-12-20(16(2)25(15)19-10-8-17(9-11-19)24(29)32-3)22(27)14-33-23(28)13-18-6-4-5-7-21(18)26(30)31/h4-12H,13-14H2,1-3H3. The number of hydrogen-bond donors (Lipinski definition) is 0. The number of benzene rings is 2. The zero-order valence-electron chi connectivity index (χ0n) is 18.4. The highest BCUT2D eigenvalue weighted by molar-refractivity contribution is 5.99. The number of para-hydroxylation sites is 1. The number of ether oxygens (including phenoxy) is 2. The molecule has 3 rings (SSSR count). The summed E-state index contributed by atoms with van der Waals surface area (Å²) in [5.74, 6) is -1.57. The molecule has 1 heterocycles. The van der Waals surface area contributed by atoms with E-state index in [4.69, 9.17) is 9.47 Å². The molecule has 1 aromatic heterocycles. The summed E-state index contributed by atoms with van der Waals surface area (Å²) in [6, 6.07) is 14.3. The second kappa shape index (κ2) is 9.90. The van der Waals surface area contributed by atoms with E-state index in [1.54, 1.807) is 43.3 Å². The van der Waals surface area contributed by atoms with Crippen LogP contribution in [0.2, 0.25) is 0 Å². The number of ketones is 1. The van der Waals surface area contributed by atoms with Crippen molar-refractivity contribution in [2.24, 2.45) is 0 Å². The Labute approximate surface area is 189 Å². The second-order valence-corrected chi connectivity index (χ2v) is 7.31. The van der Waals surface area contributed by atoms with Gasteiger partial charge in [-0.05, 0) is 44.2 Å². The van der Waals surface area contributed by atoms with Crippen LogP contribution < -0.4 is 0 Å². The molecule has 0 bridgehead atoms. The van der Waals surface area contributed by atoms with Gasteiger partial charge in [0.05, 0.1) is 24.0 Å². The van der Waals surface area contributed by atoms with E-state index in [0.717, 1.165) is 11.4 Å². The van der Waals surface area contributed by atoms with Crippen LogP contribution in [0.5, 0.6) is 0 Å². The Morgan fingerprint density at radius 2 is 1.70 bits per heavy atom. The van der Waals surface area contributed by atoms with E-state index in [1.807, 2.05) is 11.5 Å². The van der Waals surface area contributed by atoms with E-state index in [1.165, 1.54) is 25.3 Å². The van der Waals surface area contributed by atoms with Gasteiger partial charge in [-0.3, -0.25) is 19.7 Å². The summed E-state index contributed by atoms with van der Waals surface area (Å²) in [7, 11) is 1.31. The predicted octanol–water partition coefficient (Wildman–Crippen LogP) is 3.76. The molecule has 33 heavy (non-hydrogen) atoms. The largest absolute Gasteiger partial charge is 0.465 e. The topological polar surface area (TPSA) is 118 Å². The van der Waals surface area contributed by atoms with E-state index in [-0.39, 0.29) is 17.7 Å². The Morgan fingerprint density at radius 3 is 2.33 bits per heavy atom. The van der Waals surface area contributed by atoms with Gasteiger partial charge in [0.2, 0.25) is 5.78 Å². The molecule has 0 saturated heterocycles. The smallest absolute Gasteiger partial charge is 0.337 e. The van der Waals surface area contributed by atoms with E-state index in [0.29, 0.717) is 16.8 Å². The minimum absolute atomic E-state index is 0.178. The fourth-order valence-corrected chi connectivity index (χ4v) is 3.58. The molecule has 0 aliphatic heterocycles. The van der Waals surface area contributed by atoms with Crippen LogP contribution in [0.1, 0.15) is 37.7 Å². The first kappa shape index (κ1) is 23.4. The van der Waals surface area contributed by atoms with Crippen molar-refractivity contribution in [3.05, 3.63) is 92.8 Å². The highest BCUT2D eigenvalue weighted by atomic mass is 16.6. The van der Waals surface area contributed by atoms with Crippen molar-refractivity contribution in [3.8, 4) is 5.69 Å². The molecule has 170 valence electrons. The van der Waals surface area contributed by atoms with Crippen LogP contribution in [0, 0.1) is 24.0 Å². The zero-order valence-corrected chi connectivity index (χ0v) is 18.4. The van der Waals surface area contributed by atoms with Crippen LogP contribution in [-0.4, -0.2) is 40.9 Å². The Hall–Kier alpha value is -4.27. The predicted molar refractivity (Wildman–Crippen MR) is 119 cm³/mol. The highest BCUT2D eigenvalue weighted by Crippen LogP contribution is 2.22. The van der Waals surface area contributed by atoms with Crippen molar-refractivity contribution in [1.82, 2.24) is 4.57 Å². The number of hydrogen-bond acceptors (Lipinski definition) is 7. The van der Waals surface area contributed by atoms with Crippen LogP contribution in [-0.2, 0) is 20.7 Å². The minimum Gasteiger partial charge on any atom is -0.465 e. The SMILES string of the molecule is COC(=O)c1ccc(-n2c(C)cc(C(=O)COC(=O)Cc3ccccc3[N+](=O)[O-])c2C)cc1. The molecule has 2 aromatic carbocycles. The molecule has 0 saturated carbocycles. The Morgan fingerprint density at radius 1 is 1.03 bits per heavy atom. The van der Waals surface area contributed by atoms with Crippen LogP contribution in [0.4, 0.5) is 5.69 Å². The van der Waals surface area contributed by atoms with Crippen molar-refractivity contribution in [1.29, 1.82) is 0 Å². The van der Waals surface area contributed by atoms with Gasteiger partial charge in [-0.2, -0.15) is 0 Å². The second-order valence-electron chi connectivity index (χ2n) is 7.31. The summed E-state index contributed by atoms with van der Waals surface area (Å²) in [5.41, 5.74) is 3.03. The summed E-state index contributed by atoms with van der Waals surface area (Å²) in [6.45, 7) is 3.12. The minimum atomic E-state index is -0.732. The number of carbonyl (C=O) groups excluding carboxylic acids is 3. The Kier molecular flexibility index (Phi) is 7.02. The van der Waals surface area contributed by atoms with Gasteiger partial charge >= 0.3 is 11.9 Å². The first-order chi connectivity index (χ1) is 15.7. The molecule has 9 heteroatoms. The van der Waals surface area contributed by atoms with Gasteiger partial charge in [0.1, 0.15) is 0 Å². The fraction of sp³-hybridized carbons (Fsp3) is 0.208. The third-order valence-corrected chi connectivity index (χ3v) is 5.17. The third-order valence-electron chi connectivity index (χ3n) is 5.17. The number of aromatic nitrogens is 1. The van der Waals surface area contributed by atoms with E-state index in [9.17, 15) is 24.5 Å². The first-order valence-corrected chi connectivity index (χ1v) is 10.0. The number of nitro benzene ring substituents is 1. The lowest BCUT2D eigenvalue weighted by Crippen LogP contribution is -2.16. The van der Waals surface area contributed by atoms with Gasteiger partial charge in [0.15, 0.2) is 6.61 Å². The summed E-state index contributed by atoms with van der Waals surface area (Å²) < 4.78 is 11.6. The number of aryl methyl sites for hydroxylation is 1. The van der Waals surface area contributed by atoms with Gasteiger partial charge in [-0.1, -0.05) is 18.2 Å². The van der Waals surface area contributed by atoms with Gasteiger partial charge in [0.25, 0.3) is 5.69 Å². The summed E-state index contributed by atoms with van der Waals surface area (Å²) >= 11 is 0. The number of esters is 2. The van der Waals surface area contributed by atoms with Crippen molar-refractivity contribution in [3.63, 3.8) is 0 Å². The lowest BCUT2D eigenvalue weighted by Gasteiger charge is -2.11. The van der Waals surface area contributed by atoms with Gasteiger partial charge in [0, 0.05) is 34.3 Å². The van der Waals surface area contributed by atoms with Gasteiger partial charge in [-0.15, -0.1) is 0 Å². The number of nitrogens with zero attached hydrogens (tertiary/aromatic N) is 2. The number of rotatable bonds is 8. The summed E-state index contributed by atoms with van der Waals surface area (Å²) in [4.78, 5) is 47.0. The van der Waals surface area contributed by atoms with Crippen molar-refractivity contribution in [2.75, 3.05) is 13.7 Å². The van der Waals surface area contributed by atoms with E-state index >= 15 is 0 Å². The Balaban J connectivity index is 1.71. The molecule has 0 atom stereocenters. The average molecular weight is 450 g/mol. The monoisotopic (exact) mass is 450 g/mol. The molecule has 0 N–H and O–H groups in total. The van der Waals surface area contributed by atoms with Crippen LogP contribution in [0.15, 0.2) is 54.6 Å². The third kappa shape index (κ3) is 5.15. The Bertz CT molecular complexity index is 1230. The molecular weight excluding hydrogens is 428 g/mol. The highest BCUT2D eigenvalue weighted by Gasteiger charge is 2.20. The van der Waals surface area contributed by atoms with Crippen LogP contribution in [0.25, 0.3) is 5.69 Å². The van der Waals surface area contributed by atoms with Crippen molar-refractivity contribution >= 4 is 23.4 Å². The van der Waals surface area contributed by atoms with Gasteiger partial charge in [-0.25, -0.2) is 4.79 Å². The average Bonchev–Trinajstić information content (AvgIpc) is 3.11. The van der Waals surface area contributed by atoms with Crippen LogP contribution in [0.3, 0.4) is 0 Å². The van der Waals surface area contributed by atoms with Crippen LogP contribution >= 0.6 is 0 Å². The lowest BCUT2D eigenvalue weighted by atomic mass is 10.1. The molecule has 0 aliphatic rings. The number of Topliss-reactive ketones (excluding diaryl/α,β-unsaturated/α-hetero) is 1. The zero-order chi connectivity index (χ0) is 24.1. The maximum Gasteiger partial charge on any atom is 0.337 e. The molecule has 0 amide bonds. The summed E-state index contributed by atoms with van der Waals surface area (Å²) in [5, 5.41) is 11.1. The molecule has 0 spiro atoms. The van der Waals surface area contributed by atoms with E-state index in [2.05, 4.69) is 0 Å². The molecule has 0 aliphatic carbocycles. The molecule has 0 radical (unpaired) electrons. The van der Waals surface area contributed by atoms with Crippen molar-refractivity contribution < 1.29 is 28.8 Å². The number of carbonyl (C=O) groups is 3. The summed E-state index contributed by atoms with van der Waals surface area (Å²) in [6.07, 6.45) is -0.310. The molecule has 0 unspecified atom stereocenters. The lowest BCUT2D eigenvalue weighted by molar-refractivity contribution is -0.385. The number of methoxy groups -OCH3 is 1. The molecule has 0 fully saturated rings. The molecule has 3 aromatic rings. The molecular formula is C24H22N2O7. The number of nitro groups is 1.